The van der Waals surface area contributed by atoms with Crippen LogP contribution in [0.25, 0.3) is 0 Å². The third-order valence-corrected chi connectivity index (χ3v) is 3.94. The molecule has 3 nitrogen and oxygen atoms in total. The second-order valence-electron chi connectivity index (χ2n) is 5.13. The highest BCUT2D eigenvalue weighted by atomic mass is 15.2. The quantitative estimate of drug-likeness (QED) is 0.716. The first-order chi connectivity index (χ1) is 7.36. The maximum absolute atomic E-state index is 3.66. The Kier molecular flexibility index (Phi) is 4.42. The Morgan fingerprint density at radius 2 is 2.00 bits per heavy atom. The van der Waals surface area contributed by atoms with Gasteiger partial charge in [0.1, 0.15) is 0 Å². The van der Waals surface area contributed by atoms with Crippen molar-refractivity contribution < 1.29 is 0 Å². The van der Waals surface area contributed by atoms with E-state index in [-0.39, 0.29) is 0 Å². The second kappa shape index (κ2) is 5.83. The Bertz CT molecular complexity index is 178. The van der Waals surface area contributed by atoms with E-state index in [4.69, 9.17) is 0 Å². The van der Waals surface area contributed by atoms with Gasteiger partial charge in [0.15, 0.2) is 0 Å². The molecule has 0 aromatic heterocycles. The summed E-state index contributed by atoms with van der Waals surface area (Å²) in [5, 5.41) is 7.08. The molecule has 0 spiro atoms. The van der Waals surface area contributed by atoms with E-state index >= 15 is 0 Å². The lowest BCUT2D eigenvalue weighted by Gasteiger charge is -2.25. The first-order valence-electron chi connectivity index (χ1n) is 6.48. The van der Waals surface area contributed by atoms with E-state index in [0.717, 1.165) is 12.0 Å². The van der Waals surface area contributed by atoms with Crippen molar-refractivity contribution in [1.82, 2.24) is 15.5 Å². The predicted molar refractivity (Wildman–Crippen MR) is 64.1 cm³/mol. The van der Waals surface area contributed by atoms with E-state index in [2.05, 4.69) is 22.6 Å². The fourth-order valence-electron chi connectivity index (χ4n) is 2.78. The summed E-state index contributed by atoms with van der Waals surface area (Å²) in [6, 6.07) is 0.798. The van der Waals surface area contributed by atoms with Gasteiger partial charge in [-0.2, -0.15) is 0 Å². The lowest BCUT2D eigenvalue weighted by atomic mass is 9.98. The van der Waals surface area contributed by atoms with Crippen LogP contribution in [0.1, 0.15) is 25.7 Å². The summed E-state index contributed by atoms with van der Waals surface area (Å²) in [5.74, 6) is 0.915. The molecule has 0 aliphatic carbocycles. The Labute approximate surface area is 93.6 Å². The molecule has 2 rings (SSSR count). The molecule has 2 heterocycles. The van der Waals surface area contributed by atoms with Crippen LogP contribution < -0.4 is 10.6 Å². The average molecular weight is 211 g/mol. The van der Waals surface area contributed by atoms with Crippen molar-refractivity contribution in [1.29, 1.82) is 0 Å². The minimum absolute atomic E-state index is 0.798. The zero-order chi connectivity index (χ0) is 10.5. The van der Waals surface area contributed by atoms with Crippen LogP contribution in [0.15, 0.2) is 0 Å². The number of likely N-dealkylation sites (N-methyl/N-ethyl adjacent to an activating group) is 1. The summed E-state index contributed by atoms with van der Waals surface area (Å²) in [6.45, 7) is 6.15. The molecular formula is C12H25N3. The molecule has 0 aromatic rings. The van der Waals surface area contributed by atoms with Gasteiger partial charge in [-0.05, 0) is 64.8 Å². The van der Waals surface area contributed by atoms with Crippen molar-refractivity contribution in [2.24, 2.45) is 5.92 Å². The van der Waals surface area contributed by atoms with Crippen LogP contribution in [-0.2, 0) is 0 Å². The van der Waals surface area contributed by atoms with Gasteiger partial charge in [0.2, 0.25) is 0 Å². The van der Waals surface area contributed by atoms with Crippen molar-refractivity contribution in [3.8, 4) is 0 Å². The third-order valence-electron chi connectivity index (χ3n) is 3.94. The summed E-state index contributed by atoms with van der Waals surface area (Å²) in [4.78, 5) is 2.50. The first kappa shape index (κ1) is 11.4. The summed E-state index contributed by atoms with van der Waals surface area (Å²) in [5.41, 5.74) is 0. The molecule has 0 bridgehead atoms. The van der Waals surface area contributed by atoms with Crippen LogP contribution in [0.2, 0.25) is 0 Å². The molecule has 0 saturated carbocycles. The number of likely N-dealkylation sites (tertiary alicyclic amines) is 1. The van der Waals surface area contributed by atoms with Crippen molar-refractivity contribution in [3.05, 3.63) is 0 Å². The smallest absolute Gasteiger partial charge is 0.0218 e. The molecule has 1 unspecified atom stereocenters. The van der Waals surface area contributed by atoms with Gasteiger partial charge in [0, 0.05) is 12.6 Å². The maximum atomic E-state index is 3.66. The van der Waals surface area contributed by atoms with Gasteiger partial charge < -0.3 is 15.5 Å². The van der Waals surface area contributed by atoms with E-state index < -0.39 is 0 Å². The van der Waals surface area contributed by atoms with E-state index in [1.807, 2.05) is 0 Å². The minimum atomic E-state index is 0.798. The molecule has 15 heavy (non-hydrogen) atoms. The Morgan fingerprint density at radius 1 is 1.20 bits per heavy atom. The van der Waals surface area contributed by atoms with Crippen LogP contribution in [0.5, 0.6) is 0 Å². The van der Waals surface area contributed by atoms with Crippen molar-refractivity contribution in [2.45, 2.75) is 31.7 Å². The number of nitrogens with zero attached hydrogens (tertiary/aromatic N) is 1. The Balaban J connectivity index is 1.57. The van der Waals surface area contributed by atoms with Crippen molar-refractivity contribution >= 4 is 0 Å². The van der Waals surface area contributed by atoms with E-state index in [1.165, 1.54) is 58.4 Å². The number of rotatable bonds is 4. The monoisotopic (exact) mass is 211 g/mol. The third kappa shape index (κ3) is 3.44. The Morgan fingerprint density at radius 3 is 2.67 bits per heavy atom. The maximum Gasteiger partial charge on any atom is 0.0218 e. The normalized spacial score (nSPS) is 29.8. The standard InChI is InChI=1S/C12H25N3/c1-15-8-2-3-12(15)10-14-9-11-4-6-13-7-5-11/h11-14H,2-10H2,1H3. The number of hydrogen-bond donors (Lipinski definition) is 2. The summed E-state index contributed by atoms with van der Waals surface area (Å²) in [7, 11) is 2.25. The van der Waals surface area contributed by atoms with Gasteiger partial charge in [0.25, 0.3) is 0 Å². The Hall–Kier alpha value is -0.120. The highest BCUT2D eigenvalue weighted by molar-refractivity contribution is 4.79. The van der Waals surface area contributed by atoms with E-state index in [9.17, 15) is 0 Å². The zero-order valence-electron chi connectivity index (χ0n) is 9.97. The van der Waals surface area contributed by atoms with E-state index in [0.29, 0.717) is 0 Å². The first-order valence-corrected chi connectivity index (χ1v) is 6.48. The van der Waals surface area contributed by atoms with Crippen molar-refractivity contribution in [3.63, 3.8) is 0 Å². The van der Waals surface area contributed by atoms with Gasteiger partial charge in [-0.25, -0.2) is 0 Å². The summed E-state index contributed by atoms with van der Waals surface area (Å²) in [6.07, 6.45) is 5.48. The molecule has 2 N–H and O–H groups in total. The number of nitrogens with one attached hydrogen (secondary N) is 2. The fraction of sp³-hybridized carbons (Fsp3) is 1.00. The van der Waals surface area contributed by atoms with Gasteiger partial charge in [0.05, 0.1) is 0 Å². The van der Waals surface area contributed by atoms with Gasteiger partial charge in [-0.3, -0.25) is 0 Å². The molecule has 88 valence electrons. The highest BCUT2D eigenvalue weighted by Crippen LogP contribution is 2.14. The summed E-state index contributed by atoms with van der Waals surface area (Å²) < 4.78 is 0. The highest BCUT2D eigenvalue weighted by Gasteiger charge is 2.20. The molecular weight excluding hydrogens is 186 g/mol. The summed E-state index contributed by atoms with van der Waals surface area (Å²) >= 11 is 0. The second-order valence-corrected chi connectivity index (χ2v) is 5.13. The lowest BCUT2D eigenvalue weighted by molar-refractivity contribution is 0.286. The van der Waals surface area contributed by atoms with Crippen LogP contribution in [-0.4, -0.2) is 50.7 Å². The SMILES string of the molecule is CN1CCCC1CNCC1CCNCC1. The van der Waals surface area contributed by atoms with E-state index in [1.54, 1.807) is 0 Å². The van der Waals surface area contributed by atoms with Gasteiger partial charge >= 0.3 is 0 Å². The van der Waals surface area contributed by atoms with Crippen LogP contribution in [0.3, 0.4) is 0 Å². The molecule has 2 saturated heterocycles. The number of hydrogen-bond acceptors (Lipinski definition) is 3. The molecule has 0 aromatic carbocycles. The molecule has 2 aliphatic rings. The molecule has 0 amide bonds. The van der Waals surface area contributed by atoms with Crippen LogP contribution in [0.4, 0.5) is 0 Å². The molecule has 0 radical (unpaired) electrons. The topological polar surface area (TPSA) is 27.3 Å². The number of piperidine rings is 1. The zero-order valence-corrected chi connectivity index (χ0v) is 9.97. The molecule has 2 aliphatic heterocycles. The van der Waals surface area contributed by atoms with Gasteiger partial charge in [-0.15, -0.1) is 0 Å². The minimum Gasteiger partial charge on any atom is -0.317 e. The average Bonchev–Trinajstić information content (AvgIpc) is 2.66. The van der Waals surface area contributed by atoms with Crippen LogP contribution >= 0.6 is 0 Å². The van der Waals surface area contributed by atoms with Crippen molar-refractivity contribution in [2.75, 3.05) is 39.8 Å². The largest absolute Gasteiger partial charge is 0.317 e. The predicted octanol–water partition coefficient (Wildman–Crippen LogP) is 0.670. The molecule has 2 fully saturated rings. The fourth-order valence-corrected chi connectivity index (χ4v) is 2.78. The lowest BCUT2D eigenvalue weighted by Crippen LogP contribution is -2.39. The van der Waals surface area contributed by atoms with Gasteiger partial charge in [-0.1, -0.05) is 0 Å². The molecule has 1 atom stereocenters. The molecule has 3 heteroatoms. The van der Waals surface area contributed by atoms with Crippen LogP contribution in [0, 0.1) is 5.92 Å².